The van der Waals surface area contributed by atoms with Gasteiger partial charge in [0.2, 0.25) is 0 Å². The summed E-state index contributed by atoms with van der Waals surface area (Å²) in [4.78, 5) is 0. The number of unbranched alkanes of at least 4 members (excludes halogenated alkanes) is 1. The summed E-state index contributed by atoms with van der Waals surface area (Å²) in [5, 5.41) is 0. The first-order valence-electron chi connectivity index (χ1n) is 6.48. The van der Waals surface area contributed by atoms with E-state index in [1.54, 1.807) is 6.26 Å². The number of aryl methyl sites for hydroxylation is 1. The van der Waals surface area contributed by atoms with Gasteiger partial charge in [-0.2, -0.15) is 0 Å². The molecule has 1 aromatic heterocycles. The molecule has 2 atom stereocenters. The Labute approximate surface area is 99.2 Å². The van der Waals surface area contributed by atoms with Crippen LogP contribution < -0.4 is 5.73 Å². The van der Waals surface area contributed by atoms with Crippen molar-refractivity contribution in [3.05, 3.63) is 23.7 Å². The van der Waals surface area contributed by atoms with E-state index in [1.807, 2.05) is 6.07 Å². The Kier molecular flexibility index (Phi) is 5.61. The first-order chi connectivity index (χ1) is 7.69. The van der Waals surface area contributed by atoms with E-state index in [0.29, 0.717) is 0 Å². The molecule has 0 aromatic carbocycles. The Bertz CT molecular complexity index is 293. The maximum absolute atomic E-state index is 6.19. The minimum absolute atomic E-state index is 0.0665. The van der Waals surface area contributed by atoms with Crippen LogP contribution in [0.15, 0.2) is 16.7 Å². The molecule has 2 N–H and O–H groups in total. The van der Waals surface area contributed by atoms with Crippen molar-refractivity contribution >= 4 is 0 Å². The average molecular weight is 223 g/mol. The predicted octanol–water partition coefficient (Wildman–Crippen LogP) is 4.19. The topological polar surface area (TPSA) is 39.2 Å². The summed E-state index contributed by atoms with van der Waals surface area (Å²) in [7, 11) is 0. The lowest BCUT2D eigenvalue weighted by molar-refractivity contribution is 0.354. The van der Waals surface area contributed by atoms with Crippen molar-refractivity contribution in [3.63, 3.8) is 0 Å². The third-order valence-electron chi connectivity index (χ3n) is 3.37. The van der Waals surface area contributed by atoms with Gasteiger partial charge < -0.3 is 10.2 Å². The smallest absolute Gasteiger partial charge is 0.123 e. The fourth-order valence-electron chi connectivity index (χ4n) is 2.21. The molecule has 0 fully saturated rings. The van der Waals surface area contributed by atoms with E-state index >= 15 is 0 Å². The highest BCUT2D eigenvalue weighted by molar-refractivity contribution is 5.17. The van der Waals surface area contributed by atoms with Gasteiger partial charge in [0, 0.05) is 0 Å². The van der Waals surface area contributed by atoms with E-state index in [2.05, 4.69) is 20.8 Å². The van der Waals surface area contributed by atoms with Crippen molar-refractivity contribution in [3.8, 4) is 0 Å². The van der Waals surface area contributed by atoms with Gasteiger partial charge in [-0.1, -0.05) is 39.5 Å². The summed E-state index contributed by atoms with van der Waals surface area (Å²) in [5.41, 5.74) is 7.37. The Morgan fingerprint density at radius 1 is 1.38 bits per heavy atom. The zero-order chi connectivity index (χ0) is 12.0. The summed E-state index contributed by atoms with van der Waals surface area (Å²) in [6.45, 7) is 6.55. The number of furan rings is 1. The molecule has 0 aliphatic carbocycles. The molecule has 0 saturated carbocycles. The minimum Gasteiger partial charge on any atom is -0.467 e. The van der Waals surface area contributed by atoms with Crippen LogP contribution in [-0.2, 0) is 0 Å². The molecular weight excluding hydrogens is 198 g/mol. The highest BCUT2D eigenvalue weighted by Gasteiger charge is 2.17. The van der Waals surface area contributed by atoms with Gasteiger partial charge in [-0.05, 0) is 30.9 Å². The van der Waals surface area contributed by atoms with Crippen LogP contribution in [0.25, 0.3) is 0 Å². The molecule has 0 bridgehead atoms. The lowest BCUT2D eigenvalue weighted by Gasteiger charge is -2.18. The monoisotopic (exact) mass is 223 g/mol. The maximum atomic E-state index is 6.19. The molecule has 16 heavy (non-hydrogen) atoms. The molecule has 0 aliphatic heterocycles. The molecule has 0 amide bonds. The largest absolute Gasteiger partial charge is 0.467 e. The van der Waals surface area contributed by atoms with Crippen molar-refractivity contribution in [1.29, 1.82) is 0 Å². The average Bonchev–Trinajstić information content (AvgIpc) is 2.70. The first-order valence-corrected chi connectivity index (χ1v) is 6.48. The number of nitrogens with two attached hydrogens (primary N) is 1. The summed E-state index contributed by atoms with van der Waals surface area (Å²) in [5.74, 6) is 1.70. The maximum Gasteiger partial charge on any atom is 0.123 e. The van der Waals surface area contributed by atoms with Gasteiger partial charge in [0.15, 0.2) is 0 Å². The van der Waals surface area contributed by atoms with E-state index in [1.165, 1.54) is 31.2 Å². The predicted molar refractivity (Wildman–Crippen MR) is 68.3 cm³/mol. The van der Waals surface area contributed by atoms with Gasteiger partial charge >= 0.3 is 0 Å². The SMILES string of the molecule is CCCCC(CC)CC(N)c1occc1C. The fourth-order valence-corrected chi connectivity index (χ4v) is 2.21. The summed E-state index contributed by atoms with van der Waals surface area (Å²) < 4.78 is 5.45. The van der Waals surface area contributed by atoms with Crippen LogP contribution in [-0.4, -0.2) is 0 Å². The number of rotatable bonds is 7. The zero-order valence-corrected chi connectivity index (χ0v) is 10.8. The van der Waals surface area contributed by atoms with Crippen LogP contribution in [0.3, 0.4) is 0 Å². The second kappa shape index (κ2) is 6.74. The van der Waals surface area contributed by atoms with Crippen LogP contribution in [0.5, 0.6) is 0 Å². The van der Waals surface area contributed by atoms with Crippen LogP contribution in [0.4, 0.5) is 0 Å². The van der Waals surface area contributed by atoms with Crippen molar-refractivity contribution in [2.75, 3.05) is 0 Å². The third kappa shape index (κ3) is 3.67. The van der Waals surface area contributed by atoms with E-state index < -0.39 is 0 Å². The summed E-state index contributed by atoms with van der Waals surface area (Å²) >= 11 is 0. The molecule has 92 valence electrons. The molecule has 0 radical (unpaired) electrons. The van der Waals surface area contributed by atoms with Crippen molar-refractivity contribution in [2.45, 2.75) is 58.9 Å². The van der Waals surface area contributed by atoms with Crippen LogP contribution in [0.2, 0.25) is 0 Å². The second-order valence-electron chi connectivity index (χ2n) is 4.73. The van der Waals surface area contributed by atoms with E-state index in [0.717, 1.165) is 18.1 Å². The molecule has 0 saturated heterocycles. The van der Waals surface area contributed by atoms with E-state index in [-0.39, 0.29) is 6.04 Å². The van der Waals surface area contributed by atoms with Gasteiger partial charge in [0.1, 0.15) is 5.76 Å². The van der Waals surface area contributed by atoms with Gasteiger partial charge in [0.25, 0.3) is 0 Å². The Morgan fingerprint density at radius 3 is 2.62 bits per heavy atom. The van der Waals surface area contributed by atoms with Gasteiger partial charge in [-0.3, -0.25) is 0 Å². The second-order valence-corrected chi connectivity index (χ2v) is 4.73. The van der Waals surface area contributed by atoms with E-state index in [4.69, 9.17) is 10.2 Å². The Hall–Kier alpha value is -0.760. The van der Waals surface area contributed by atoms with Crippen LogP contribution in [0.1, 0.15) is 63.3 Å². The standard InChI is InChI=1S/C14H25NO/c1-4-6-7-12(5-2)10-13(15)14-11(3)8-9-16-14/h8-9,12-13H,4-7,10,15H2,1-3H3. The highest BCUT2D eigenvalue weighted by Crippen LogP contribution is 2.27. The first kappa shape index (κ1) is 13.3. The van der Waals surface area contributed by atoms with Crippen molar-refractivity contribution < 1.29 is 4.42 Å². The number of hydrogen-bond acceptors (Lipinski definition) is 2. The molecule has 1 heterocycles. The molecule has 0 spiro atoms. The van der Waals surface area contributed by atoms with Gasteiger partial charge in [-0.15, -0.1) is 0 Å². The van der Waals surface area contributed by atoms with Crippen LogP contribution >= 0.6 is 0 Å². The normalized spacial score (nSPS) is 15.0. The number of hydrogen-bond donors (Lipinski definition) is 1. The summed E-state index contributed by atoms with van der Waals surface area (Å²) in [6, 6.07) is 2.05. The Balaban J connectivity index is 2.48. The lowest BCUT2D eigenvalue weighted by atomic mass is 9.91. The highest BCUT2D eigenvalue weighted by atomic mass is 16.3. The molecule has 1 rings (SSSR count). The molecular formula is C14H25NO. The molecule has 1 aromatic rings. The van der Waals surface area contributed by atoms with E-state index in [9.17, 15) is 0 Å². The molecule has 2 unspecified atom stereocenters. The molecule has 0 aliphatic rings. The lowest BCUT2D eigenvalue weighted by Crippen LogP contribution is -2.15. The minimum atomic E-state index is 0.0665. The third-order valence-corrected chi connectivity index (χ3v) is 3.37. The Morgan fingerprint density at radius 2 is 2.12 bits per heavy atom. The fraction of sp³-hybridized carbons (Fsp3) is 0.714. The zero-order valence-electron chi connectivity index (χ0n) is 10.8. The van der Waals surface area contributed by atoms with Gasteiger partial charge in [0.05, 0.1) is 12.3 Å². The van der Waals surface area contributed by atoms with Crippen LogP contribution in [0, 0.1) is 12.8 Å². The van der Waals surface area contributed by atoms with Gasteiger partial charge in [-0.25, -0.2) is 0 Å². The molecule has 2 heteroatoms. The quantitative estimate of drug-likeness (QED) is 0.752. The summed E-state index contributed by atoms with van der Waals surface area (Å²) in [6.07, 6.45) is 7.87. The van der Waals surface area contributed by atoms with Crippen molar-refractivity contribution in [1.82, 2.24) is 0 Å². The molecule has 2 nitrogen and oxygen atoms in total. The van der Waals surface area contributed by atoms with Crippen molar-refractivity contribution in [2.24, 2.45) is 11.7 Å².